The van der Waals surface area contributed by atoms with Crippen LogP contribution in [0.25, 0.3) is 0 Å². The molecule has 2 aromatic rings. The third kappa shape index (κ3) is 3.91. The summed E-state index contributed by atoms with van der Waals surface area (Å²) < 4.78 is 6.96. The highest BCUT2D eigenvalue weighted by molar-refractivity contribution is 5.84. The van der Waals surface area contributed by atoms with Crippen molar-refractivity contribution < 1.29 is 14.1 Å². The molecule has 1 amide bonds. The van der Waals surface area contributed by atoms with Crippen LogP contribution in [0.2, 0.25) is 0 Å². The van der Waals surface area contributed by atoms with Gasteiger partial charge in [-0.25, -0.2) is 5.43 Å². The van der Waals surface area contributed by atoms with E-state index in [1.807, 2.05) is 54.9 Å². The Morgan fingerprint density at radius 3 is 2.75 bits per heavy atom. The van der Waals surface area contributed by atoms with Gasteiger partial charge in [-0.15, -0.1) is 0 Å². The lowest BCUT2D eigenvalue weighted by Crippen LogP contribution is -2.40. The molecule has 0 aliphatic carbocycles. The summed E-state index contributed by atoms with van der Waals surface area (Å²) in [6, 6.07) is 13.1. The maximum absolute atomic E-state index is 11.7. The quantitative estimate of drug-likeness (QED) is 0.503. The van der Waals surface area contributed by atoms with Gasteiger partial charge in [0.25, 0.3) is 0 Å². The fourth-order valence-corrected chi connectivity index (χ4v) is 1.69. The van der Waals surface area contributed by atoms with Crippen LogP contribution in [0.5, 0.6) is 5.75 Å². The number of nitrogens with one attached hydrogen (secondary N) is 1. The van der Waals surface area contributed by atoms with Crippen molar-refractivity contribution in [1.29, 1.82) is 0 Å². The number of hydrogen-bond acceptors (Lipinski definition) is 3. The zero-order valence-corrected chi connectivity index (χ0v) is 11.2. The fourth-order valence-electron chi connectivity index (χ4n) is 1.69. The van der Waals surface area contributed by atoms with Crippen molar-refractivity contribution in [2.45, 2.75) is 6.54 Å². The highest BCUT2D eigenvalue weighted by Gasteiger charge is 2.06. The van der Waals surface area contributed by atoms with Crippen molar-refractivity contribution >= 4 is 12.1 Å². The van der Waals surface area contributed by atoms with Crippen LogP contribution in [0.3, 0.4) is 0 Å². The number of carbonyl (C=O) groups is 1. The molecule has 1 N–H and O–H groups in total. The Kier molecular flexibility index (Phi) is 4.83. The SMILES string of the molecule is COc1ccccc1/C=N/NC(=O)C[n+]1ccccc1. The summed E-state index contributed by atoms with van der Waals surface area (Å²) in [5.41, 5.74) is 3.29. The van der Waals surface area contributed by atoms with E-state index in [4.69, 9.17) is 4.74 Å². The molecule has 0 bridgehead atoms. The van der Waals surface area contributed by atoms with Crippen LogP contribution in [0.4, 0.5) is 0 Å². The van der Waals surface area contributed by atoms with Crippen molar-refractivity contribution in [3.05, 3.63) is 60.4 Å². The molecule has 1 aromatic carbocycles. The molecular weight excluding hydrogens is 254 g/mol. The first kappa shape index (κ1) is 13.7. The van der Waals surface area contributed by atoms with Gasteiger partial charge >= 0.3 is 5.91 Å². The largest absolute Gasteiger partial charge is 0.496 e. The Morgan fingerprint density at radius 1 is 1.25 bits per heavy atom. The molecule has 0 fully saturated rings. The van der Waals surface area contributed by atoms with E-state index in [1.54, 1.807) is 17.9 Å². The van der Waals surface area contributed by atoms with Crippen LogP contribution in [-0.4, -0.2) is 19.2 Å². The Balaban J connectivity index is 1.91. The molecule has 5 heteroatoms. The van der Waals surface area contributed by atoms with Gasteiger partial charge in [-0.05, 0) is 12.1 Å². The van der Waals surface area contributed by atoms with Gasteiger partial charge in [-0.2, -0.15) is 9.67 Å². The van der Waals surface area contributed by atoms with E-state index >= 15 is 0 Å². The summed E-state index contributed by atoms with van der Waals surface area (Å²) in [6.45, 7) is 0.226. The summed E-state index contributed by atoms with van der Waals surface area (Å²) in [5.74, 6) is 0.523. The fraction of sp³-hybridized carbons (Fsp3) is 0.133. The van der Waals surface area contributed by atoms with Crippen molar-refractivity contribution in [2.24, 2.45) is 5.10 Å². The van der Waals surface area contributed by atoms with Gasteiger partial charge in [0.05, 0.1) is 13.3 Å². The number of nitrogens with zero attached hydrogens (tertiary/aromatic N) is 2. The Hall–Kier alpha value is -2.69. The first-order valence-electron chi connectivity index (χ1n) is 6.18. The lowest BCUT2D eigenvalue weighted by atomic mass is 10.2. The van der Waals surface area contributed by atoms with Crippen LogP contribution in [0.1, 0.15) is 5.56 Å². The molecule has 0 spiro atoms. The average molecular weight is 270 g/mol. The molecule has 1 heterocycles. The lowest BCUT2D eigenvalue weighted by Gasteiger charge is -2.02. The number of rotatable bonds is 5. The number of hydrazone groups is 1. The summed E-state index contributed by atoms with van der Waals surface area (Å²) >= 11 is 0. The number of carbonyl (C=O) groups excluding carboxylic acids is 1. The molecule has 20 heavy (non-hydrogen) atoms. The van der Waals surface area contributed by atoms with Crippen LogP contribution >= 0.6 is 0 Å². The number of methoxy groups -OCH3 is 1. The molecule has 0 radical (unpaired) electrons. The zero-order valence-electron chi connectivity index (χ0n) is 11.2. The smallest absolute Gasteiger partial charge is 0.305 e. The second-order valence-corrected chi connectivity index (χ2v) is 4.08. The average Bonchev–Trinajstić information content (AvgIpc) is 2.49. The number of ether oxygens (including phenoxy) is 1. The van der Waals surface area contributed by atoms with Crippen molar-refractivity contribution in [3.8, 4) is 5.75 Å². The molecule has 1 aromatic heterocycles. The molecule has 102 valence electrons. The molecular formula is C15H16N3O2+. The minimum Gasteiger partial charge on any atom is -0.496 e. The molecule has 2 rings (SSSR count). The maximum Gasteiger partial charge on any atom is 0.305 e. The predicted molar refractivity (Wildman–Crippen MR) is 75.4 cm³/mol. The van der Waals surface area contributed by atoms with Crippen LogP contribution < -0.4 is 14.7 Å². The summed E-state index contributed by atoms with van der Waals surface area (Å²) in [4.78, 5) is 11.7. The van der Waals surface area contributed by atoms with Gasteiger partial charge in [0, 0.05) is 17.7 Å². The van der Waals surface area contributed by atoms with Gasteiger partial charge in [0.2, 0.25) is 6.54 Å². The van der Waals surface area contributed by atoms with Crippen molar-refractivity contribution in [2.75, 3.05) is 7.11 Å². The summed E-state index contributed by atoms with van der Waals surface area (Å²) in [6.07, 6.45) is 5.21. The second-order valence-electron chi connectivity index (χ2n) is 4.08. The number of amides is 1. The molecule has 0 aliphatic heterocycles. The van der Waals surface area contributed by atoms with E-state index in [1.165, 1.54) is 0 Å². The Labute approximate surface area is 117 Å². The number of aromatic nitrogens is 1. The first-order chi connectivity index (χ1) is 9.79. The van der Waals surface area contributed by atoms with E-state index in [9.17, 15) is 4.79 Å². The van der Waals surface area contributed by atoms with Gasteiger partial charge in [-0.3, -0.25) is 4.79 Å². The number of pyridine rings is 1. The van der Waals surface area contributed by atoms with Gasteiger partial charge in [-0.1, -0.05) is 18.2 Å². The van der Waals surface area contributed by atoms with E-state index in [2.05, 4.69) is 10.5 Å². The first-order valence-corrected chi connectivity index (χ1v) is 6.18. The summed E-state index contributed by atoms with van der Waals surface area (Å²) in [7, 11) is 1.59. The molecule has 0 aliphatic rings. The van der Waals surface area contributed by atoms with Crippen molar-refractivity contribution in [3.63, 3.8) is 0 Å². The standard InChI is InChI=1S/C15H15N3O2/c1-20-14-8-4-3-7-13(14)11-16-17-15(19)12-18-9-5-2-6-10-18/h2-11H,12H2,1H3/p+1/b16-11+. The third-order valence-electron chi connectivity index (χ3n) is 2.64. The second kappa shape index (κ2) is 7.04. The Bertz CT molecular complexity index is 597. The minimum atomic E-state index is -0.188. The number of benzene rings is 1. The monoisotopic (exact) mass is 270 g/mol. The molecule has 0 saturated heterocycles. The highest BCUT2D eigenvalue weighted by Crippen LogP contribution is 2.14. The predicted octanol–water partition coefficient (Wildman–Crippen LogP) is 1.13. The lowest BCUT2D eigenvalue weighted by molar-refractivity contribution is -0.684. The van der Waals surface area contributed by atoms with Crippen LogP contribution in [0, 0.1) is 0 Å². The number of hydrogen-bond donors (Lipinski definition) is 1. The number of para-hydroxylation sites is 1. The van der Waals surface area contributed by atoms with Gasteiger partial charge in [0.1, 0.15) is 5.75 Å². The van der Waals surface area contributed by atoms with Crippen molar-refractivity contribution in [1.82, 2.24) is 5.43 Å². The molecule has 5 nitrogen and oxygen atoms in total. The normalized spacial score (nSPS) is 10.4. The van der Waals surface area contributed by atoms with E-state index in [0.717, 1.165) is 5.56 Å². The zero-order chi connectivity index (χ0) is 14.2. The van der Waals surface area contributed by atoms with Gasteiger partial charge in [0.15, 0.2) is 12.4 Å². The van der Waals surface area contributed by atoms with E-state index < -0.39 is 0 Å². The highest BCUT2D eigenvalue weighted by atomic mass is 16.5. The topological polar surface area (TPSA) is 54.6 Å². The molecule has 0 atom stereocenters. The van der Waals surface area contributed by atoms with E-state index in [-0.39, 0.29) is 12.5 Å². The minimum absolute atomic E-state index is 0.188. The van der Waals surface area contributed by atoms with Crippen LogP contribution in [-0.2, 0) is 11.3 Å². The van der Waals surface area contributed by atoms with E-state index in [0.29, 0.717) is 5.75 Å². The molecule has 0 unspecified atom stereocenters. The Morgan fingerprint density at radius 2 is 2.00 bits per heavy atom. The maximum atomic E-state index is 11.7. The van der Waals surface area contributed by atoms with Gasteiger partial charge < -0.3 is 4.74 Å². The van der Waals surface area contributed by atoms with Crippen LogP contribution in [0.15, 0.2) is 60.0 Å². The summed E-state index contributed by atoms with van der Waals surface area (Å²) in [5, 5.41) is 3.93. The third-order valence-corrected chi connectivity index (χ3v) is 2.64. The molecule has 0 saturated carbocycles.